The van der Waals surface area contributed by atoms with Gasteiger partial charge in [-0.05, 0) is 25.3 Å². The molecule has 0 saturated carbocycles. The van der Waals surface area contributed by atoms with Crippen LogP contribution in [0, 0.1) is 0 Å². The Kier molecular flexibility index (Phi) is 6.32. The first-order valence-corrected chi connectivity index (χ1v) is 9.44. The van der Waals surface area contributed by atoms with Crippen molar-refractivity contribution in [3.05, 3.63) is 22.8 Å². The van der Waals surface area contributed by atoms with E-state index in [1.165, 1.54) is 13.5 Å². The molecule has 2 fully saturated rings. The van der Waals surface area contributed by atoms with Gasteiger partial charge in [0.05, 0.1) is 10.6 Å². The molecule has 2 aliphatic heterocycles. The zero-order chi connectivity index (χ0) is 18.5. The van der Waals surface area contributed by atoms with E-state index in [0.717, 1.165) is 25.9 Å². The molecule has 142 valence electrons. The number of methoxy groups -OCH3 is 1. The molecule has 0 unspecified atom stereocenters. The SMILES string of the molecule is COCC(=O)N1CCN(c2ncc(C(=O)N3CCCCC3)cc2Cl)CC1. The standard InChI is InChI=1S/C18H25ClN4O3/c1-26-13-16(24)21-7-9-22(10-8-21)17-15(19)11-14(12-20-17)18(25)23-5-3-2-4-6-23/h11-12H,2-10,13H2,1H3. The normalized spacial score (nSPS) is 18.2. The first kappa shape index (κ1) is 18.9. The van der Waals surface area contributed by atoms with E-state index in [2.05, 4.69) is 4.98 Å². The summed E-state index contributed by atoms with van der Waals surface area (Å²) < 4.78 is 4.90. The van der Waals surface area contributed by atoms with E-state index in [1.807, 2.05) is 9.80 Å². The highest BCUT2D eigenvalue weighted by atomic mass is 35.5. The summed E-state index contributed by atoms with van der Waals surface area (Å²) in [6, 6.07) is 1.71. The molecule has 0 N–H and O–H groups in total. The summed E-state index contributed by atoms with van der Waals surface area (Å²) in [4.78, 5) is 34.6. The van der Waals surface area contributed by atoms with Crippen molar-refractivity contribution in [2.45, 2.75) is 19.3 Å². The Hall–Kier alpha value is -1.86. The fourth-order valence-corrected chi connectivity index (χ4v) is 3.73. The molecule has 0 spiro atoms. The maximum Gasteiger partial charge on any atom is 0.255 e. The second-order valence-corrected chi connectivity index (χ2v) is 7.09. The molecule has 7 nitrogen and oxygen atoms in total. The summed E-state index contributed by atoms with van der Waals surface area (Å²) in [6.07, 6.45) is 4.90. The van der Waals surface area contributed by atoms with Crippen LogP contribution in [0.15, 0.2) is 12.3 Å². The molecule has 0 aliphatic carbocycles. The number of rotatable bonds is 4. The largest absolute Gasteiger partial charge is 0.375 e. The number of hydrogen-bond donors (Lipinski definition) is 0. The van der Waals surface area contributed by atoms with E-state index in [1.54, 1.807) is 17.2 Å². The highest BCUT2D eigenvalue weighted by Gasteiger charge is 2.24. The summed E-state index contributed by atoms with van der Waals surface area (Å²) in [5.74, 6) is 0.662. The highest BCUT2D eigenvalue weighted by Crippen LogP contribution is 2.26. The van der Waals surface area contributed by atoms with Crippen LogP contribution in [-0.2, 0) is 9.53 Å². The molecule has 1 aromatic rings. The van der Waals surface area contributed by atoms with E-state index in [0.29, 0.717) is 42.6 Å². The fraction of sp³-hybridized carbons (Fsp3) is 0.611. The number of piperidine rings is 1. The molecule has 1 aromatic heterocycles. The minimum Gasteiger partial charge on any atom is -0.375 e. The molecule has 2 aliphatic rings. The molecule has 0 atom stereocenters. The van der Waals surface area contributed by atoms with Crippen LogP contribution in [0.25, 0.3) is 0 Å². The van der Waals surface area contributed by atoms with E-state index in [9.17, 15) is 9.59 Å². The first-order chi connectivity index (χ1) is 12.6. The summed E-state index contributed by atoms with van der Waals surface area (Å²) in [5.41, 5.74) is 0.537. The first-order valence-electron chi connectivity index (χ1n) is 9.06. The van der Waals surface area contributed by atoms with Gasteiger partial charge in [0.1, 0.15) is 12.4 Å². The van der Waals surface area contributed by atoms with Crippen molar-refractivity contribution in [3.63, 3.8) is 0 Å². The number of likely N-dealkylation sites (tertiary alicyclic amines) is 1. The van der Waals surface area contributed by atoms with Gasteiger partial charge in [-0.15, -0.1) is 0 Å². The fourth-order valence-electron chi connectivity index (χ4n) is 3.44. The second-order valence-electron chi connectivity index (χ2n) is 6.68. The average molecular weight is 381 g/mol. The quantitative estimate of drug-likeness (QED) is 0.794. The van der Waals surface area contributed by atoms with Crippen LogP contribution in [0.4, 0.5) is 5.82 Å². The van der Waals surface area contributed by atoms with Gasteiger partial charge in [0.15, 0.2) is 0 Å². The van der Waals surface area contributed by atoms with Gasteiger partial charge in [-0.2, -0.15) is 0 Å². The molecule has 2 saturated heterocycles. The number of piperazine rings is 1. The lowest BCUT2D eigenvalue weighted by atomic mass is 10.1. The Balaban J connectivity index is 1.63. The van der Waals surface area contributed by atoms with E-state index < -0.39 is 0 Å². The molecule has 3 rings (SSSR count). The minimum absolute atomic E-state index is 0.000585. The number of amides is 2. The third kappa shape index (κ3) is 4.27. The van der Waals surface area contributed by atoms with Gasteiger partial charge in [-0.25, -0.2) is 4.98 Å². The third-order valence-electron chi connectivity index (χ3n) is 4.91. The van der Waals surface area contributed by atoms with Crippen molar-refractivity contribution in [1.82, 2.24) is 14.8 Å². The van der Waals surface area contributed by atoms with Gasteiger partial charge in [0.2, 0.25) is 5.91 Å². The molecule has 8 heteroatoms. The Morgan fingerprint density at radius 1 is 1.08 bits per heavy atom. The Morgan fingerprint density at radius 2 is 1.77 bits per heavy atom. The Labute approximate surface area is 158 Å². The minimum atomic E-state index is -0.00585. The van der Waals surface area contributed by atoms with E-state index >= 15 is 0 Å². The van der Waals surface area contributed by atoms with Crippen LogP contribution < -0.4 is 4.90 Å². The molecular weight excluding hydrogens is 356 g/mol. The van der Waals surface area contributed by atoms with Crippen LogP contribution in [0.1, 0.15) is 29.6 Å². The summed E-state index contributed by atoms with van der Waals surface area (Å²) in [7, 11) is 1.52. The van der Waals surface area contributed by atoms with Crippen molar-refractivity contribution in [2.24, 2.45) is 0 Å². The summed E-state index contributed by atoms with van der Waals surface area (Å²) >= 11 is 6.42. The lowest BCUT2D eigenvalue weighted by Crippen LogP contribution is -2.50. The van der Waals surface area contributed by atoms with Crippen LogP contribution in [-0.4, -0.2) is 79.6 Å². The lowest BCUT2D eigenvalue weighted by Gasteiger charge is -2.35. The van der Waals surface area contributed by atoms with Gasteiger partial charge in [-0.1, -0.05) is 11.6 Å². The number of nitrogens with zero attached hydrogens (tertiary/aromatic N) is 4. The zero-order valence-corrected chi connectivity index (χ0v) is 15.9. The zero-order valence-electron chi connectivity index (χ0n) is 15.1. The number of anilines is 1. The van der Waals surface area contributed by atoms with Crippen LogP contribution in [0.5, 0.6) is 0 Å². The number of hydrogen-bond acceptors (Lipinski definition) is 5. The molecule has 26 heavy (non-hydrogen) atoms. The van der Waals surface area contributed by atoms with E-state index in [4.69, 9.17) is 16.3 Å². The smallest absolute Gasteiger partial charge is 0.255 e. The monoisotopic (exact) mass is 380 g/mol. The van der Waals surface area contributed by atoms with E-state index in [-0.39, 0.29) is 18.4 Å². The van der Waals surface area contributed by atoms with Gasteiger partial charge in [0, 0.05) is 52.6 Å². The lowest BCUT2D eigenvalue weighted by molar-refractivity contribution is -0.135. The summed E-state index contributed by atoms with van der Waals surface area (Å²) in [5, 5.41) is 0.476. The van der Waals surface area contributed by atoms with Crippen LogP contribution in [0.3, 0.4) is 0 Å². The van der Waals surface area contributed by atoms with Gasteiger partial charge >= 0.3 is 0 Å². The number of pyridine rings is 1. The van der Waals surface area contributed by atoms with Crippen LogP contribution >= 0.6 is 11.6 Å². The molecule has 2 amide bonds. The van der Waals surface area contributed by atoms with Crippen molar-refractivity contribution < 1.29 is 14.3 Å². The van der Waals surface area contributed by atoms with Crippen molar-refractivity contribution >= 4 is 29.2 Å². The maximum atomic E-state index is 12.6. The molecule has 0 radical (unpaired) electrons. The number of carbonyl (C=O) groups excluding carboxylic acids is 2. The van der Waals surface area contributed by atoms with Gasteiger partial charge in [-0.3, -0.25) is 9.59 Å². The molecule has 0 bridgehead atoms. The number of carbonyl (C=O) groups is 2. The second kappa shape index (κ2) is 8.68. The average Bonchev–Trinajstić information content (AvgIpc) is 2.68. The predicted molar refractivity (Wildman–Crippen MR) is 99.7 cm³/mol. The maximum absolute atomic E-state index is 12.6. The molecular formula is C18H25ClN4O3. The number of aromatic nitrogens is 1. The predicted octanol–water partition coefficient (Wildman–Crippen LogP) is 1.66. The van der Waals surface area contributed by atoms with Crippen molar-refractivity contribution in [1.29, 1.82) is 0 Å². The van der Waals surface area contributed by atoms with Crippen LogP contribution in [0.2, 0.25) is 5.02 Å². The van der Waals surface area contributed by atoms with Crippen molar-refractivity contribution in [2.75, 3.05) is 57.9 Å². The third-order valence-corrected chi connectivity index (χ3v) is 5.19. The summed E-state index contributed by atoms with van der Waals surface area (Å²) in [6.45, 7) is 4.23. The molecule has 3 heterocycles. The topological polar surface area (TPSA) is 66.0 Å². The Morgan fingerprint density at radius 3 is 2.38 bits per heavy atom. The number of halogens is 1. The van der Waals surface area contributed by atoms with Gasteiger partial charge < -0.3 is 19.4 Å². The Bertz CT molecular complexity index is 656. The van der Waals surface area contributed by atoms with Gasteiger partial charge in [0.25, 0.3) is 5.91 Å². The highest BCUT2D eigenvalue weighted by molar-refractivity contribution is 6.33. The van der Waals surface area contributed by atoms with Crippen molar-refractivity contribution in [3.8, 4) is 0 Å². The molecule has 0 aromatic carbocycles. The number of ether oxygens (including phenoxy) is 1.